The molecule has 3 heterocycles. The van der Waals surface area contributed by atoms with Gasteiger partial charge in [0.15, 0.2) is 5.82 Å². The Balaban J connectivity index is 1.45. The summed E-state index contributed by atoms with van der Waals surface area (Å²) < 4.78 is 14.8. The quantitative estimate of drug-likeness (QED) is 0.509. The number of hydrogen-bond acceptors (Lipinski definition) is 6. The monoisotopic (exact) mass is 437 g/mol. The van der Waals surface area contributed by atoms with Gasteiger partial charge in [-0.15, -0.1) is 5.10 Å². The van der Waals surface area contributed by atoms with Crippen molar-refractivity contribution in [3.05, 3.63) is 76.7 Å². The van der Waals surface area contributed by atoms with Gasteiger partial charge in [0.05, 0.1) is 10.9 Å². The van der Waals surface area contributed by atoms with Gasteiger partial charge in [-0.1, -0.05) is 48.6 Å². The van der Waals surface area contributed by atoms with Crippen LogP contribution in [0.5, 0.6) is 5.88 Å². The van der Waals surface area contributed by atoms with E-state index in [2.05, 4.69) is 32.0 Å². The van der Waals surface area contributed by atoms with Gasteiger partial charge < -0.3 is 10.0 Å². The number of benzene rings is 2. The van der Waals surface area contributed by atoms with Crippen LogP contribution in [0.15, 0.2) is 54.6 Å². The number of hydrogen-bond donors (Lipinski definition) is 1. The molecule has 2 aromatic heterocycles. The fraction of sp³-hybridized carbons (Fsp3) is 0.304. The van der Waals surface area contributed by atoms with Crippen LogP contribution in [0.1, 0.15) is 29.2 Å². The maximum Gasteiger partial charge on any atom is 0.230 e. The zero-order chi connectivity index (χ0) is 21.4. The first kappa shape index (κ1) is 20.0. The average Bonchev–Trinajstić information content (AvgIpc) is 3.35. The average molecular weight is 438 g/mol. The van der Waals surface area contributed by atoms with Gasteiger partial charge in [0, 0.05) is 38.3 Å². The molecule has 0 radical (unpaired) electrons. The number of rotatable bonds is 5. The maximum atomic E-state index is 13.3. The molecule has 1 unspecified atom stereocenters. The standard InChI is InChI=1S/C23H24FN5OS/c1-2-19-25-23-29(26-19)22(30)21(31-23)20(16-6-4-3-5-7-16)28-14-12-27(13-15-28)18-10-8-17(24)9-11-18/h3-11,20,30H,2,12-15H2,1H3. The number of fused-ring (bicyclic) bond motifs is 1. The molecule has 31 heavy (non-hydrogen) atoms. The van der Waals surface area contributed by atoms with E-state index < -0.39 is 0 Å². The number of nitrogens with zero attached hydrogens (tertiary/aromatic N) is 5. The zero-order valence-electron chi connectivity index (χ0n) is 17.3. The van der Waals surface area contributed by atoms with Gasteiger partial charge in [0.25, 0.3) is 0 Å². The molecule has 1 aliphatic heterocycles. The third kappa shape index (κ3) is 3.77. The van der Waals surface area contributed by atoms with E-state index in [0.717, 1.165) is 59.5 Å². The lowest BCUT2D eigenvalue weighted by atomic mass is 10.0. The van der Waals surface area contributed by atoms with Crippen molar-refractivity contribution in [2.45, 2.75) is 19.4 Å². The van der Waals surface area contributed by atoms with Crippen molar-refractivity contribution in [1.29, 1.82) is 0 Å². The van der Waals surface area contributed by atoms with Crippen LogP contribution < -0.4 is 4.90 Å². The van der Waals surface area contributed by atoms with Crippen LogP contribution in [0.2, 0.25) is 0 Å². The minimum absolute atomic E-state index is 0.0739. The molecule has 4 aromatic rings. The maximum absolute atomic E-state index is 13.3. The van der Waals surface area contributed by atoms with Crippen LogP contribution in [0.4, 0.5) is 10.1 Å². The minimum Gasteiger partial charge on any atom is -0.492 e. The van der Waals surface area contributed by atoms with Gasteiger partial charge in [0.1, 0.15) is 5.82 Å². The molecule has 1 saturated heterocycles. The van der Waals surface area contributed by atoms with Crippen LogP contribution in [-0.2, 0) is 6.42 Å². The zero-order valence-corrected chi connectivity index (χ0v) is 18.1. The molecule has 1 fully saturated rings. The Morgan fingerprint density at radius 3 is 2.39 bits per heavy atom. The lowest BCUT2D eigenvalue weighted by Crippen LogP contribution is -2.47. The summed E-state index contributed by atoms with van der Waals surface area (Å²) in [6.45, 7) is 5.31. The van der Waals surface area contributed by atoms with Gasteiger partial charge in [-0.05, 0) is 29.8 Å². The van der Waals surface area contributed by atoms with Gasteiger partial charge in [0.2, 0.25) is 10.8 Å². The molecule has 6 nitrogen and oxygen atoms in total. The molecule has 8 heteroatoms. The van der Waals surface area contributed by atoms with Crippen LogP contribution in [0.3, 0.4) is 0 Å². The van der Waals surface area contributed by atoms with Crippen molar-refractivity contribution in [2.24, 2.45) is 0 Å². The number of thiazole rings is 1. The van der Waals surface area contributed by atoms with E-state index in [0.29, 0.717) is 0 Å². The molecule has 1 aliphatic rings. The number of aromatic nitrogens is 3. The first-order valence-corrected chi connectivity index (χ1v) is 11.3. The lowest BCUT2D eigenvalue weighted by molar-refractivity contribution is 0.211. The smallest absolute Gasteiger partial charge is 0.230 e. The van der Waals surface area contributed by atoms with Crippen molar-refractivity contribution in [3.63, 3.8) is 0 Å². The number of anilines is 1. The summed E-state index contributed by atoms with van der Waals surface area (Å²) in [6.07, 6.45) is 0.733. The van der Waals surface area contributed by atoms with E-state index in [1.54, 1.807) is 4.52 Å². The first-order valence-electron chi connectivity index (χ1n) is 10.5. The molecular formula is C23H24FN5OS. The highest BCUT2D eigenvalue weighted by atomic mass is 32.1. The van der Waals surface area contributed by atoms with Crippen LogP contribution in [0, 0.1) is 5.82 Å². The van der Waals surface area contributed by atoms with Gasteiger partial charge in [-0.3, -0.25) is 4.90 Å². The Hall–Kier alpha value is -2.97. The predicted octanol–water partition coefficient (Wildman–Crippen LogP) is 4.11. The minimum atomic E-state index is -0.218. The summed E-state index contributed by atoms with van der Waals surface area (Å²) in [5.74, 6) is 0.684. The number of aryl methyl sites for hydroxylation is 1. The highest BCUT2D eigenvalue weighted by molar-refractivity contribution is 7.17. The fourth-order valence-corrected chi connectivity index (χ4v) is 5.31. The summed E-state index contributed by atoms with van der Waals surface area (Å²) in [7, 11) is 0. The summed E-state index contributed by atoms with van der Waals surface area (Å²) in [5, 5.41) is 15.5. The molecule has 0 amide bonds. The van der Waals surface area contributed by atoms with Crippen LogP contribution >= 0.6 is 11.3 Å². The molecule has 1 N–H and O–H groups in total. The normalized spacial score (nSPS) is 16.1. The Bertz CT molecular complexity index is 1170. The second kappa shape index (κ2) is 8.28. The van der Waals surface area contributed by atoms with E-state index in [1.165, 1.54) is 23.5 Å². The molecule has 2 aromatic carbocycles. The predicted molar refractivity (Wildman–Crippen MR) is 120 cm³/mol. The van der Waals surface area contributed by atoms with Crippen molar-refractivity contribution >= 4 is 22.0 Å². The molecule has 0 aliphatic carbocycles. The second-order valence-corrected chi connectivity index (χ2v) is 8.69. The van der Waals surface area contributed by atoms with E-state index in [1.807, 2.05) is 37.3 Å². The van der Waals surface area contributed by atoms with E-state index in [-0.39, 0.29) is 17.7 Å². The number of halogens is 1. The van der Waals surface area contributed by atoms with E-state index in [9.17, 15) is 9.50 Å². The third-order valence-electron chi connectivity index (χ3n) is 5.79. The van der Waals surface area contributed by atoms with Crippen LogP contribution in [-0.4, -0.2) is 50.8 Å². The van der Waals surface area contributed by atoms with Gasteiger partial charge >= 0.3 is 0 Å². The molecule has 0 saturated carbocycles. The summed E-state index contributed by atoms with van der Waals surface area (Å²) in [6, 6.07) is 16.9. The third-order valence-corrected chi connectivity index (χ3v) is 6.87. The molecule has 0 bridgehead atoms. The van der Waals surface area contributed by atoms with Crippen molar-refractivity contribution in [3.8, 4) is 5.88 Å². The summed E-state index contributed by atoms with van der Waals surface area (Å²) in [5.41, 5.74) is 2.17. The highest BCUT2D eigenvalue weighted by Gasteiger charge is 2.31. The summed E-state index contributed by atoms with van der Waals surface area (Å²) >= 11 is 1.50. The van der Waals surface area contributed by atoms with Crippen molar-refractivity contribution in [1.82, 2.24) is 19.5 Å². The largest absolute Gasteiger partial charge is 0.492 e. The lowest BCUT2D eigenvalue weighted by Gasteiger charge is -2.40. The first-order chi connectivity index (χ1) is 15.1. The number of aromatic hydroxyl groups is 1. The molecule has 5 rings (SSSR count). The SMILES string of the molecule is CCc1nc2sc(C(c3ccccc3)N3CCN(c4ccc(F)cc4)CC3)c(O)n2n1. The van der Waals surface area contributed by atoms with Gasteiger partial charge in [-0.25, -0.2) is 9.37 Å². The van der Waals surface area contributed by atoms with Crippen LogP contribution in [0.25, 0.3) is 4.96 Å². The second-order valence-electron chi connectivity index (χ2n) is 7.68. The van der Waals surface area contributed by atoms with E-state index >= 15 is 0 Å². The summed E-state index contributed by atoms with van der Waals surface area (Å²) in [4.78, 5) is 10.8. The molecule has 1 atom stereocenters. The fourth-order valence-electron chi connectivity index (χ4n) is 4.17. The Morgan fingerprint density at radius 1 is 1.03 bits per heavy atom. The molecule has 0 spiro atoms. The Kier molecular flexibility index (Phi) is 5.33. The Labute approximate surface area is 184 Å². The topological polar surface area (TPSA) is 56.9 Å². The van der Waals surface area contributed by atoms with Crippen molar-refractivity contribution in [2.75, 3.05) is 31.1 Å². The Morgan fingerprint density at radius 2 is 1.74 bits per heavy atom. The highest BCUT2D eigenvalue weighted by Crippen LogP contribution is 2.40. The van der Waals surface area contributed by atoms with E-state index in [4.69, 9.17) is 0 Å². The number of piperazine rings is 1. The molecular weight excluding hydrogens is 413 g/mol. The molecule has 160 valence electrons. The van der Waals surface area contributed by atoms with Gasteiger partial charge in [-0.2, -0.15) is 4.52 Å². The van der Waals surface area contributed by atoms with Crippen molar-refractivity contribution < 1.29 is 9.50 Å².